The number of hydrogen-bond acceptors (Lipinski definition) is 3. The predicted molar refractivity (Wildman–Crippen MR) is 94.6 cm³/mol. The number of benzene rings is 2. The summed E-state index contributed by atoms with van der Waals surface area (Å²) in [7, 11) is 0. The zero-order chi connectivity index (χ0) is 16.2. The summed E-state index contributed by atoms with van der Waals surface area (Å²) in [5.41, 5.74) is 4.88. The van der Waals surface area contributed by atoms with Crippen molar-refractivity contribution in [3.8, 4) is 0 Å². The number of hydrogen-bond donors (Lipinski definition) is 2. The number of carbonyl (C=O) groups is 1. The summed E-state index contributed by atoms with van der Waals surface area (Å²) in [6.45, 7) is 4.23. The molecule has 0 aliphatic rings. The van der Waals surface area contributed by atoms with Crippen LogP contribution in [-0.4, -0.2) is 10.9 Å². The lowest BCUT2D eigenvalue weighted by molar-refractivity contribution is -0.114. The molecule has 3 aromatic rings. The molecule has 1 amide bonds. The third-order valence-corrected chi connectivity index (χ3v) is 3.58. The van der Waals surface area contributed by atoms with Gasteiger partial charge in [-0.2, -0.15) is 0 Å². The van der Waals surface area contributed by atoms with Gasteiger partial charge in [-0.05, 0) is 36.8 Å². The van der Waals surface area contributed by atoms with Gasteiger partial charge in [0.2, 0.25) is 5.91 Å². The average Bonchev–Trinajstić information content (AvgIpc) is 2.53. The standard InChI is InChI=1S/C19H19N3O/c1-13-10-19(20-12-15-6-4-3-5-7-15)17-11-16(22-14(2)23)8-9-18(17)21-13/h3-11H,12H2,1-2H3,(H,20,21)(H,22,23). The Labute approximate surface area is 135 Å². The van der Waals surface area contributed by atoms with Crippen LogP contribution in [0.2, 0.25) is 0 Å². The molecule has 0 fully saturated rings. The summed E-state index contributed by atoms with van der Waals surface area (Å²) >= 11 is 0. The average molecular weight is 305 g/mol. The first-order valence-electron chi connectivity index (χ1n) is 7.58. The van der Waals surface area contributed by atoms with Gasteiger partial charge >= 0.3 is 0 Å². The number of carbonyl (C=O) groups excluding carboxylic acids is 1. The number of rotatable bonds is 4. The molecule has 0 saturated carbocycles. The molecule has 116 valence electrons. The molecule has 1 aromatic heterocycles. The maximum Gasteiger partial charge on any atom is 0.221 e. The number of fused-ring (bicyclic) bond motifs is 1. The Balaban J connectivity index is 1.95. The van der Waals surface area contributed by atoms with E-state index >= 15 is 0 Å². The molecule has 0 radical (unpaired) electrons. The molecule has 4 heteroatoms. The number of nitrogens with one attached hydrogen (secondary N) is 2. The topological polar surface area (TPSA) is 54.0 Å². The maximum absolute atomic E-state index is 11.3. The van der Waals surface area contributed by atoms with Gasteiger partial charge in [-0.1, -0.05) is 30.3 Å². The van der Waals surface area contributed by atoms with E-state index in [1.807, 2.05) is 49.4 Å². The minimum atomic E-state index is -0.0804. The molecular weight excluding hydrogens is 286 g/mol. The van der Waals surface area contributed by atoms with Crippen LogP contribution >= 0.6 is 0 Å². The lowest BCUT2D eigenvalue weighted by Gasteiger charge is -2.12. The van der Waals surface area contributed by atoms with Crippen LogP contribution < -0.4 is 10.6 Å². The van der Waals surface area contributed by atoms with Crippen molar-refractivity contribution in [2.45, 2.75) is 20.4 Å². The lowest BCUT2D eigenvalue weighted by Crippen LogP contribution is -2.06. The Hall–Kier alpha value is -2.88. The van der Waals surface area contributed by atoms with Gasteiger partial charge in [0.15, 0.2) is 0 Å². The SMILES string of the molecule is CC(=O)Nc1ccc2nc(C)cc(NCc3ccccc3)c2c1. The van der Waals surface area contributed by atoms with E-state index in [2.05, 4.69) is 27.8 Å². The van der Waals surface area contributed by atoms with Crippen LogP contribution in [0.4, 0.5) is 11.4 Å². The van der Waals surface area contributed by atoms with Gasteiger partial charge in [0.25, 0.3) is 0 Å². The van der Waals surface area contributed by atoms with Crippen LogP contribution in [0.5, 0.6) is 0 Å². The first-order chi connectivity index (χ1) is 11.1. The largest absolute Gasteiger partial charge is 0.380 e. The van der Waals surface area contributed by atoms with E-state index in [0.717, 1.165) is 34.5 Å². The molecule has 0 aliphatic heterocycles. The third kappa shape index (κ3) is 3.66. The minimum absolute atomic E-state index is 0.0804. The molecule has 2 N–H and O–H groups in total. The Morgan fingerprint density at radius 3 is 2.61 bits per heavy atom. The van der Waals surface area contributed by atoms with Crippen molar-refractivity contribution >= 4 is 28.2 Å². The first kappa shape index (κ1) is 15.0. The molecule has 0 unspecified atom stereocenters. The lowest BCUT2D eigenvalue weighted by atomic mass is 10.1. The normalized spacial score (nSPS) is 10.5. The number of nitrogens with zero attached hydrogens (tertiary/aromatic N) is 1. The highest BCUT2D eigenvalue weighted by Crippen LogP contribution is 2.26. The van der Waals surface area contributed by atoms with Crippen molar-refractivity contribution < 1.29 is 4.79 Å². The van der Waals surface area contributed by atoms with Crippen LogP contribution in [0.25, 0.3) is 10.9 Å². The summed E-state index contributed by atoms with van der Waals surface area (Å²) in [6, 6.07) is 18.0. The number of aromatic nitrogens is 1. The molecule has 0 bridgehead atoms. The highest BCUT2D eigenvalue weighted by atomic mass is 16.1. The second-order valence-electron chi connectivity index (χ2n) is 5.56. The fourth-order valence-corrected chi connectivity index (χ4v) is 2.58. The van der Waals surface area contributed by atoms with Gasteiger partial charge < -0.3 is 10.6 Å². The second kappa shape index (κ2) is 6.48. The molecule has 1 heterocycles. The quantitative estimate of drug-likeness (QED) is 0.762. The van der Waals surface area contributed by atoms with Gasteiger partial charge in [0.1, 0.15) is 0 Å². The molecule has 0 atom stereocenters. The van der Waals surface area contributed by atoms with E-state index in [1.54, 1.807) is 0 Å². The van der Waals surface area contributed by atoms with E-state index < -0.39 is 0 Å². The number of aryl methyl sites for hydroxylation is 1. The van der Waals surface area contributed by atoms with Gasteiger partial charge in [-0.3, -0.25) is 9.78 Å². The van der Waals surface area contributed by atoms with Crippen LogP contribution in [0.1, 0.15) is 18.2 Å². The molecule has 0 aliphatic carbocycles. The zero-order valence-corrected chi connectivity index (χ0v) is 13.3. The summed E-state index contributed by atoms with van der Waals surface area (Å²) in [5, 5.41) is 7.29. The molecule has 0 saturated heterocycles. The van der Waals surface area contributed by atoms with Crippen molar-refractivity contribution in [1.82, 2.24) is 4.98 Å². The van der Waals surface area contributed by atoms with E-state index in [9.17, 15) is 4.79 Å². The predicted octanol–water partition coefficient (Wildman–Crippen LogP) is 4.11. The fourth-order valence-electron chi connectivity index (χ4n) is 2.58. The van der Waals surface area contributed by atoms with Gasteiger partial charge in [-0.15, -0.1) is 0 Å². The van der Waals surface area contributed by atoms with Crippen molar-refractivity contribution in [2.75, 3.05) is 10.6 Å². The highest BCUT2D eigenvalue weighted by Gasteiger charge is 2.06. The number of anilines is 2. The summed E-state index contributed by atoms with van der Waals surface area (Å²) < 4.78 is 0. The highest BCUT2D eigenvalue weighted by molar-refractivity contribution is 5.97. The van der Waals surface area contributed by atoms with Gasteiger partial charge in [0, 0.05) is 35.9 Å². The third-order valence-electron chi connectivity index (χ3n) is 3.58. The fraction of sp³-hybridized carbons (Fsp3) is 0.158. The van der Waals surface area contributed by atoms with Crippen LogP contribution in [-0.2, 0) is 11.3 Å². The smallest absolute Gasteiger partial charge is 0.221 e. The van der Waals surface area contributed by atoms with Crippen LogP contribution in [0, 0.1) is 6.92 Å². The van der Waals surface area contributed by atoms with Crippen LogP contribution in [0.3, 0.4) is 0 Å². The molecule has 0 spiro atoms. The van der Waals surface area contributed by atoms with Gasteiger partial charge in [0.05, 0.1) is 5.52 Å². The van der Waals surface area contributed by atoms with E-state index in [4.69, 9.17) is 0 Å². The number of pyridine rings is 1. The Kier molecular flexibility index (Phi) is 4.24. The van der Waals surface area contributed by atoms with Gasteiger partial charge in [-0.25, -0.2) is 0 Å². The minimum Gasteiger partial charge on any atom is -0.380 e. The summed E-state index contributed by atoms with van der Waals surface area (Å²) in [6.07, 6.45) is 0. The molecule has 2 aromatic carbocycles. The Morgan fingerprint density at radius 2 is 1.87 bits per heavy atom. The molecule has 4 nitrogen and oxygen atoms in total. The van der Waals surface area contributed by atoms with E-state index in [-0.39, 0.29) is 5.91 Å². The van der Waals surface area contributed by atoms with Crippen molar-refractivity contribution in [2.24, 2.45) is 0 Å². The summed E-state index contributed by atoms with van der Waals surface area (Å²) in [5.74, 6) is -0.0804. The van der Waals surface area contributed by atoms with Crippen molar-refractivity contribution in [3.63, 3.8) is 0 Å². The van der Waals surface area contributed by atoms with Crippen molar-refractivity contribution in [3.05, 3.63) is 65.9 Å². The number of amides is 1. The Bertz CT molecular complexity index is 844. The van der Waals surface area contributed by atoms with E-state index in [0.29, 0.717) is 0 Å². The maximum atomic E-state index is 11.3. The second-order valence-corrected chi connectivity index (χ2v) is 5.56. The molecular formula is C19H19N3O. The van der Waals surface area contributed by atoms with Crippen LogP contribution in [0.15, 0.2) is 54.6 Å². The molecule has 3 rings (SSSR count). The monoisotopic (exact) mass is 305 g/mol. The first-order valence-corrected chi connectivity index (χ1v) is 7.58. The Morgan fingerprint density at radius 1 is 1.09 bits per heavy atom. The van der Waals surface area contributed by atoms with Crippen molar-refractivity contribution in [1.29, 1.82) is 0 Å². The summed E-state index contributed by atoms with van der Waals surface area (Å²) in [4.78, 5) is 15.8. The molecule has 23 heavy (non-hydrogen) atoms. The zero-order valence-electron chi connectivity index (χ0n) is 13.3. The van der Waals surface area contributed by atoms with E-state index in [1.165, 1.54) is 12.5 Å².